The number of aromatic nitrogens is 2. The second kappa shape index (κ2) is 8.73. The first-order chi connectivity index (χ1) is 13.0. The van der Waals surface area contributed by atoms with E-state index in [0.29, 0.717) is 17.4 Å². The van der Waals surface area contributed by atoms with E-state index in [-0.39, 0.29) is 17.2 Å². The van der Waals surface area contributed by atoms with Crippen LogP contribution >= 0.6 is 11.6 Å². The molecule has 1 aromatic heterocycles. The SMILES string of the molecule is COc1ccc(Cl)cc1S(=O)(=O)NCCNc1cc(N2CCCC2)ncn1. The Hall–Kier alpha value is -2.10. The van der Waals surface area contributed by atoms with Crippen LogP contribution in [0.15, 0.2) is 35.5 Å². The number of nitrogens with zero attached hydrogens (tertiary/aromatic N) is 3. The molecule has 0 atom stereocenters. The first-order valence-corrected chi connectivity index (χ1v) is 10.5. The van der Waals surface area contributed by atoms with E-state index in [1.807, 2.05) is 6.07 Å². The van der Waals surface area contributed by atoms with Crippen molar-refractivity contribution in [1.29, 1.82) is 0 Å². The maximum absolute atomic E-state index is 12.5. The van der Waals surface area contributed by atoms with Crippen LogP contribution in [0.4, 0.5) is 11.6 Å². The summed E-state index contributed by atoms with van der Waals surface area (Å²) in [7, 11) is -2.33. The summed E-state index contributed by atoms with van der Waals surface area (Å²) in [6.45, 7) is 2.55. The van der Waals surface area contributed by atoms with Gasteiger partial charge >= 0.3 is 0 Å². The number of benzene rings is 1. The van der Waals surface area contributed by atoms with Gasteiger partial charge in [0.2, 0.25) is 10.0 Å². The maximum Gasteiger partial charge on any atom is 0.244 e. The van der Waals surface area contributed by atoms with Gasteiger partial charge in [-0.15, -0.1) is 0 Å². The lowest BCUT2D eigenvalue weighted by atomic mass is 10.3. The highest BCUT2D eigenvalue weighted by Crippen LogP contribution is 2.26. The summed E-state index contributed by atoms with van der Waals surface area (Å²) < 4.78 is 32.6. The molecular weight excluding hydrogens is 390 g/mol. The van der Waals surface area contributed by atoms with E-state index in [0.717, 1.165) is 18.9 Å². The van der Waals surface area contributed by atoms with Crippen LogP contribution in [0.3, 0.4) is 0 Å². The molecule has 2 N–H and O–H groups in total. The molecular formula is C17H22ClN5O3S. The van der Waals surface area contributed by atoms with Gasteiger partial charge in [-0.05, 0) is 31.0 Å². The Labute approximate surface area is 164 Å². The van der Waals surface area contributed by atoms with Crippen LogP contribution in [-0.4, -0.2) is 51.7 Å². The summed E-state index contributed by atoms with van der Waals surface area (Å²) in [5.74, 6) is 1.78. The summed E-state index contributed by atoms with van der Waals surface area (Å²) >= 11 is 5.91. The molecule has 1 aromatic carbocycles. The number of anilines is 2. The van der Waals surface area contributed by atoms with Crippen molar-refractivity contribution in [2.24, 2.45) is 0 Å². The Balaban J connectivity index is 1.57. The van der Waals surface area contributed by atoms with Gasteiger partial charge in [0.1, 0.15) is 28.6 Å². The van der Waals surface area contributed by atoms with Gasteiger partial charge in [-0.2, -0.15) is 0 Å². The van der Waals surface area contributed by atoms with Gasteiger partial charge < -0.3 is 15.0 Å². The molecule has 1 fully saturated rings. The molecule has 3 rings (SSSR count). The second-order valence-electron chi connectivity index (χ2n) is 6.08. The summed E-state index contributed by atoms with van der Waals surface area (Å²) in [4.78, 5) is 10.7. The average Bonchev–Trinajstić information content (AvgIpc) is 3.20. The van der Waals surface area contributed by atoms with Gasteiger partial charge in [-0.25, -0.2) is 23.1 Å². The standard InChI is InChI=1S/C17H22ClN5O3S/c1-26-14-5-4-13(18)10-15(14)27(24,25)22-7-6-19-16-11-17(21-12-20-16)23-8-2-3-9-23/h4-5,10-12,22H,2-3,6-9H2,1H3,(H,19,20,21). The summed E-state index contributed by atoms with van der Waals surface area (Å²) in [6.07, 6.45) is 3.85. The highest BCUT2D eigenvalue weighted by molar-refractivity contribution is 7.89. The average molecular weight is 412 g/mol. The van der Waals surface area contributed by atoms with Gasteiger partial charge in [-0.1, -0.05) is 11.6 Å². The lowest BCUT2D eigenvalue weighted by Gasteiger charge is -2.16. The molecule has 2 aromatic rings. The molecule has 1 aliphatic heterocycles. The largest absolute Gasteiger partial charge is 0.495 e. The zero-order valence-electron chi connectivity index (χ0n) is 15.0. The van der Waals surface area contributed by atoms with E-state index < -0.39 is 10.0 Å². The van der Waals surface area contributed by atoms with Crippen molar-refractivity contribution in [2.75, 3.05) is 43.5 Å². The molecule has 10 heteroatoms. The minimum atomic E-state index is -3.74. The topological polar surface area (TPSA) is 96.5 Å². The van der Waals surface area contributed by atoms with Crippen LogP contribution in [0.2, 0.25) is 5.02 Å². The van der Waals surface area contributed by atoms with Crippen LogP contribution in [0.5, 0.6) is 5.75 Å². The third kappa shape index (κ3) is 5.00. The van der Waals surface area contributed by atoms with Gasteiger partial charge in [0, 0.05) is 37.3 Å². The molecule has 146 valence electrons. The van der Waals surface area contributed by atoms with Crippen molar-refractivity contribution in [3.63, 3.8) is 0 Å². The molecule has 0 spiro atoms. The number of halogens is 1. The van der Waals surface area contributed by atoms with Crippen molar-refractivity contribution in [3.05, 3.63) is 35.6 Å². The first kappa shape index (κ1) is 19.7. The minimum absolute atomic E-state index is 0.0101. The first-order valence-electron chi connectivity index (χ1n) is 8.64. The zero-order chi connectivity index (χ0) is 19.3. The molecule has 0 saturated carbocycles. The van der Waals surface area contributed by atoms with Crippen LogP contribution in [0.1, 0.15) is 12.8 Å². The molecule has 1 saturated heterocycles. The normalized spacial score (nSPS) is 14.4. The fraction of sp³-hybridized carbons (Fsp3) is 0.412. The van der Waals surface area contributed by atoms with E-state index in [9.17, 15) is 8.42 Å². The Morgan fingerprint density at radius 3 is 2.70 bits per heavy atom. The molecule has 27 heavy (non-hydrogen) atoms. The van der Waals surface area contributed by atoms with E-state index in [2.05, 4.69) is 24.9 Å². The van der Waals surface area contributed by atoms with Crippen LogP contribution in [0.25, 0.3) is 0 Å². The summed E-state index contributed by atoms with van der Waals surface area (Å²) in [5, 5.41) is 3.43. The van der Waals surface area contributed by atoms with Crippen LogP contribution in [-0.2, 0) is 10.0 Å². The Bertz CT molecular complexity index is 888. The third-order valence-electron chi connectivity index (χ3n) is 4.22. The summed E-state index contributed by atoms with van der Waals surface area (Å²) in [6, 6.07) is 6.34. The predicted molar refractivity (Wildman–Crippen MR) is 105 cm³/mol. The molecule has 8 nitrogen and oxygen atoms in total. The fourth-order valence-corrected chi connectivity index (χ4v) is 4.34. The van der Waals surface area contributed by atoms with E-state index in [1.54, 1.807) is 6.07 Å². The van der Waals surface area contributed by atoms with E-state index >= 15 is 0 Å². The number of nitrogens with one attached hydrogen (secondary N) is 2. The minimum Gasteiger partial charge on any atom is -0.495 e. The van der Waals surface area contributed by atoms with Gasteiger partial charge in [-0.3, -0.25) is 0 Å². The van der Waals surface area contributed by atoms with Gasteiger partial charge in [0.05, 0.1) is 7.11 Å². The molecule has 0 bridgehead atoms. The maximum atomic E-state index is 12.5. The fourth-order valence-electron chi connectivity index (χ4n) is 2.88. The van der Waals surface area contributed by atoms with Crippen molar-refractivity contribution in [2.45, 2.75) is 17.7 Å². The predicted octanol–water partition coefficient (Wildman–Crippen LogP) is 2.13. The highest BCUT2D eigenvalue weighted by atomic mass is 35.5. The van der Waals surface area contributed by atoms with Crippen molar-refractivity contribution < 1.29 is 13.2 Å². The zero-order valence-corrected chi connectivity index (χ0v) is 16.6. The number of hydrogen-bond donors (Lipinski definition) is 2. The molecule has 1 aliphatic rings. The highest BCUT2D eigenvalue weighted by Gasteiger charge is 2.19. The summed E-state index contributed by atoms with van der Waals surface area (Å²) in [5.41, 5.74) is 0. The Morgan fingerprint density at radius 2 is 1.96 bits per heavy atom. The smallest absolute Gasteiger partial charge is 0.244 e. The lowest BCUT2D eigenvalue weighted by Crippen LogP contribution is -2.29. The second-order valence-corrected chi connectivity index (χ2v) is 8.25. The lowest BCUT2D eigenvalue weighted by molar-refractivity contribution is 0.402. The number of hydrogen-bond acceptors (Lipinski definition) is 7. The quantitative estimate of drug-likeness (QED) is 0.642. The van der Waals surface area contributed by atoms with Crippen molar-refractivity contribution in [1.82, 2.24) is 14.7 Å². The van der Waals surface area contributed by atoms with Crippen molar-refractivity contribution in [3.8, 4) is 5.75 Å². The number of rotatable bonds is 8. The number of methoxy groups -OCH3 is 1. The van der Waals surface area contributed by atoms with Crippen LogP contribution < -0.4 is 19.7 Å². The number of sulfonamides is 1. The van der Waals surface area contributed by atoms with E-state index in [4.69, 9.17) is 16.3 Å². The molecule has 0 radical (unpaired) electrons. The molecule has 0 amide bonds. The molecule has 0 aliphatic carbocycles. The third-order valence-corrected chi connectivity index (χ3v) is 5.94. The Morgan fingerprint density at radius 1 is 1.19 bits per heavy atom. The van der Waals surface area contributed by atoms with Gasteiger partial charge in [0.15, 0.2) is 0 Å². The Kier molecular flexibility index (Phi) is 6.35. The van der Waals surface area contributed by atoms with Crippen LogP contribution in [0, 0.1) is 0 Å². The van der Waals surface area contributed by atoms with Gasteiger partial charge in [0.25, 0.3) is 0 Å². The van der Waals surface area contributed by atoms with E-state index in [1.165, 1.54) is 38.4 Å². The number of ether oxygens (including phenoxy) is 1. The van der Waals surface area contributed by atoms with Crippen molar-refractivity contribution >= 4 is 33.3 Å². The molecule has 0 unspecified atom stereocenters. The molecule has 2 heterocycles. The monoisotopic (exact) mass is 411 g/mol.